The number of piperazine rings is 1. The van der Waals surface area contributed by atoms with Gasteiger partial charge in [0, 0.05) is 51.2 Å². The van der Waals surface area contributed by atoms with Crippen molar-refractivity contribution in [3.63, 3.8) is 0 Å². The topological polar surface area (TPSA) is 75.9 Å². The third-order valence-corrected chi connectivity index (χ3v) is 4.91. The number of thioether (sulfide) groups is 1. The van der Waals surface area contributed by atoms with Crippen molar-refractivity contribution in [1.82, 2.24) is 29.7 Å². The number of hydrogen-bond donors (Lipinski definition) is 0. The Hall–Kier alpha value is -2.68. The maximum atomic E-state index is 4.77. The summed E-state index contributed by atoms with van der Waals surface area (Å²) in [6.07, 6.45) is 11.2. The van der Waals surface area contributed by atoms with Gasteiger partial charge in [-0.2, -0.15) is 5.10 Å². The molecule has 1 fully saturated rings. The van der Waals surface area contributed by atoms with E-state index in [2.05, 4.69) is 29.9 Å². The molecular weight excluding hydrogens is 348 g/mol. The number of anilines is 2. The average Bonchev–Trinajstić information content (AvgIpc) is 3.15. The molecule has 1 aliphatic heterocycles. The van der Waals surface area contributed by atoms with Gasteiger partial charge in [0.05, 0.1) is 24.3 Å². The van der Waals surface area contributed by atoms with Crippen molar-refractivity contribution in [3.05, 3.63) is 37.1 Å². The summed E-state index contributed by atoms with van der Waals surface area (Å²) in [5.41, 5.74) is 1.82. The van der Waals surface area contributed by atoms with Gasteiger partial charge in [0.15, 0.2) is 5.16 Å². The van der Waals surface area contributed by atoms with Crippen molar-refractivity contribution in [1.29, 1.82) is 0 Å². The van der Waals surface area contributed by atoms with Crippen molar-refractivity contribution in [2.45, 2.75) is 5.16 Å². The molecule has 0 aliphatic carbocycles. The van der Waals surface area contributed by atoms with Gasteiger partial charge in [-0.3, -0.25) is 9.67 Å². The van der Waals surface area contributed by atoms with Crippen molar-refractivity contribution >= 4 is 23.4 Å². The van der Waals surface area contributed by atoms with E-state index in [9.17, 15) is 0 Å². The summed E-state index contributed by atoms with van der Waals surface area (Å²) in [5.74, 6) is 1.89. The number of aromatic nitrogens is 6. The number of nitrogens with zero attached hydrogens (tertiary/aromatic N) is 8. The van der Waals surface area contributed by atoms with Gasteiger partial charge in [0.1, 0.15) is 11.6 Å². The van der Waals surface area contributed by atoms with Crippen LogP contribution in [0.1, 0.15) is 0 Å². The Balaban J connectivity index is 1.46. The highest BCUT2D eigenvalue weighted by atomic mass is 32.2. The predicted molar refractivity (Wildman–Crippen MR) is 102 cm³/mol. The Kier molecular flexibility index (Phi) is 4.70. The fraction of sp³-hybridized carbons (Fsp3) is 0.353. The zero-order chi connectivity index (χ0) is 17.9. The van der Waals surface area contributed by atoms with E-state index in [4.69, 9.17) is 4.98 Å². The van der Waals surface area contributed by atoms with Crippen LogP contribution in [0.4, 0.5) is 11.6 Å². The summed E-state index contributed by atoms with van der Waals surface area (Å²) in [7, 11) is 1.90. The summed E-state index contributed by atoms with van der Waals surface area (Å²) in [5, 5.41) is 5.01. The summed E-state index contributed by atoms with van der Waals surface area (Å²) < 4.78 is 1.77. The van der Waals surface area contributed by atoms with Crippen molar-refractivity contribution in [3.8, 4) is 11.3 Å². The van der Waals surface area contributed by atoms with Crippen LogP contribution in [-0.4, -0.2) is 62.2 Å². The molecule has 0 unspecified atom stereocenters. The molecule has 3 aromatic heterocycles. The molecule has 26 heavy (non-hydrogen) atoms. The first-order valence-electron chi connectivity index (χ1n) is 8.41. The summed E-state index contributed by atoms with van der Waals surface area (Å²) in [4.78, 5) is 22.5. The van der Waals surface area contributed by atoms with E-state index < -0.39 is 0 Å². The molecule has 134 valence electrons. The third-order valence-electron chi connectivity index (χ3n) is 4.35. The van der Waals surface area contributed by atoms with Crippen LogP contribution in [0, 0.1) is 0 Å². The molecule has 4 heterocycles. The normalized spacial score (nSPS) is 14.7. The molecule has 0 radical (unpaired) electrons. The van der Waals surface area contributed by atoms with Gasteiger partial charge in [-0.05, 0) is 12.3 Å². The lowest BCUT2D eigenvalue weighted by atomic mass is 10.2. The van der Waals surface area contributed by atoms with Crippen LogP contribution in [0.15, 0.2) is 42.2 Å². The van der Waals surface area contributed by atoms with Gasteiger partial charge in [-0.15, -0.1) is 0 Å². The van der Waals surface area contributed by atoms with E-state index in [1.165, 1.54) is 0 Å². The SMILES string of the molecule is CSc1nccc(N2CCN(c3cncc(-c4cnn(C)c4)n3)CC2)n1. The molecule has 1 aliphatic rings. The Bertz CT molecular complexity index is 888. The standard InChI is InChI=1S/C17H20N8S/c1-23-12-13(9-20-23)14-10-18-11-16(21-14)25-7-5-24(6-8-25)15-3-4-19-17(22-15)26-2/h3-4,9-12H,5-8H2,1-2H3. The summed E-state index contributed by atoms with van der Waals surface area (Å²) in [6.45, 7) is 3.54. The molecule has 0 amide bonds. The van der Waals surface area contributed by atoms with Crippen molar-refractivity contribution in [2.24, 2.45) is 7.05 Å². The molecule has 1 saturated heterocycles. The number of rotatable bonds is 4. The predicted octanol–water partition coefficient (Wildman–Crippen LogP) is 1.72. The zero-order valence-corrected chi connectivity index (χ0v) is 15.6. The molecule has 0 aromatic carbocycles. The average molecular weight is 368 g/mol. The van der Waals surface area contributed by atoms with E-state index in [0.29, 0.717) is 0 Å². The van der Waals surface area contributed by atoms with E-state index in [0.717, 1.165) is 54.2 Å². The molecule has 0 N–H and O–H groups in total. The van der Waals surface area contributed by atoms with Gasteiger partial charge >= 0.3 is 0 Å². The molecule has 0 atom stereocenters. The second-order valence-electron chi connectivity index (χ2n) is 6.04. The van der Waals surface area contributed by atoms with Crippen LogP contribution in [0.2, 0.25) is 0 Å². The van der Waals surface area contributed by atoms with Crippen LogP contribution in [0.25, 0.3) is 11.3 Å². The zero-order valence-electron chi connectivity index (χ0n) is 14.8. The Labute approximate surface area is 156 Å². The van der Waals surface area contributed by atoms with Crippen LogP contribution in [-0.2, 0) is 7.05 Å². The van der Waals surface area contributed by atoms with Gasteiger partial charge in [-0.1, -0.05) is 11.8 Å². The second kappa shape index (κ2) is 7.28. The highest BCUT2D eigenvalue weighted by Gasteiger charge is 2.20. The monoisotopic (exact) mass is 368 g/mol. The molecule has 8 nitrogen and oxygen atoms in total. The highest BCUT2D eigenvalue weighted by Crippen LogP contribution is 2.21. The minimum Gasteiger partial charge on any atom is -0.353 e. The third kappa shape index (κ3) is 3.48. The maximum Gasteiger partial charge on any atom is 0.189 e. The quantitative estimate of drug-likeness (QED) is 0.509. The first kappa shape index (κ1) is 16.8. The number of hydrogen-bond acceptors (Lipinski definition) is 8. The summed E-state index contributed by atoms with van der Waals surface area (Å²) >= 11 is 1.56. The van der Waals surface area contributed by atoms with Gasteiger partial charge in [-0.25, -0.2) is 15.0 Å². The lowest BCUT2D eigenvalue weighted by molar-refractivity contribution is 0.637. The maximum absolute atomic E-state index is 4.77. The molecule has 0 spiro atoms. The molecule has 0 saturated carbocycles. The first-order chi connectivity index (χ1) is 12.7. The van der Waals surface area contributed by atoms with Gasteiger partial charge in [0.25, 0.3) is 0 Å². The smallest absolute Gasteiger partial charge is 0.189 e. The van der Waals surface area contributed by atoms with E-state index in [1.807, 2.05) is 44.2 Å². The largest absolute Gasteiger partial charge is 0.353 e. The van der Waals surface area contributed by atoms with Crippen LogP contribution < -0.4 is 9.80 Å². The Morgan fingerprint density at radius 3 is 2.42 bits per heavy atom. The molecule has 0 bridgehead atoms. The number of aryl methyl sites for hydroxylation is 1. The summed E-state index contributed by atoms with van der Waals surface area (Å²) in [6, 6.07) is 1.97. The van der Waals surface area contributed by atoms with Crippen LogP contribution >= 0.6 is 11.8 Å². The Morgan fingerprint density at radius 1 is 0.962 bits per heavy atom. The van der Waals surface area contributed by atoms with Crippen molar-refractivity contribution in [2.75, 3.05) is 42.2 Å². The minimum absolute atomic E-state index is 0.806. The fourth-order valence-electron chi connectivity index (χ4n) is 2.97. The van der Waals surface area contributed by atoms with Gasteiger partial charge in [0.2, 0.25) is 0 Å². The van der Waals surface area contributed by atoms with E-state index >= 15 is 0 Å². The molecule has 4 rings (SSSR count). The van der Waals surface area contributed by atoms with Crippen LogP contribution in [0.3, 0.4) is 0 Å². The fourth-order valence-corrected chi connectivity index (χ4v) is 3.32. The van der Waals surface area contributed by atoms with E-state index in [-0.39, 0.29) is 0 Å². The minimum atomic E-state index is 0.806. The molecular formula is C17H20N8S. The van der Waals surface area contributed by atoms with Crippen molar-refractivity contribution < 1.29 is 0 Å². The highest BCUT2D eigenvalue weighted by molar-refractivity contribution is 7.98. The van der Waals surface area contributed by atoms with Gasteiger partial charge < -0.3 is 9.80 Å². The Morgan fingerprint density at radius 2 is 1.73 bits per heavy atom. The lowest BCUT2D eigenvalue weighted by Gasteiger charge is -2.36. The lowest BCUT2D eigenvalue weighted by Crippen LogP contribution is -2.47. The second-order valence-corrected chi connectivity index (χ2v) is 6.81. The molecule has 3 aromatic rings. The van der Waals surface area contributed by atoms with E-state index in [1.54, 1.807) is 22.6 Å². The molecule has 9 heteroatoms. The van der Waals surface area contributed by atoms with Crippen LogP contribution in [0.5, 0.6) is 0 Å². The first-order valence-corrected chi connectivity index (χ1v) is 9.63.